The van der Waals surface area contributed by atoms with E-state index in [-0.39, 0.29) is 18.0 Å². The van der Waals surface area contributed by atoms with Crippen LogP contribution in [0.2, 0.25) is 0 Å². The van der Waals surface area contributed by atoms with E-state index in [9.17, 15) is 9.59 Å². The average molecular weight is 303 g/mol. The Labute approximate surface area is 130 Å². The van der Waals surface area contributed by atoms with Crippen LogP contribution in [0.5, 0.6) is 0 Å². The summed E-state index contributed by atoms with van der Waals surface area (Å²) in [4.78, 5) is 27.6. The number of benzene rings is 1. The molecular weight excluding hydrogens is 282 g/mol. The first-order chi connectivity index (χ1) is 10.5. The normalized spacial score (nSPS) is 13.5. The number of ether oxygens (including phenoxy) is 2. The van der Waals surface area contributed by atoms with Crippen molar-refractivity contribution >= 4 is 17.7 Å². The predicted octanol–water partition coefficient (Wildman–Crippen LogP) is 2.87. The second kappa shape index (κ2) is 8.77. The maximum atomic E-state index is 11.8. The molecular formula is C17H21NO4. The van der Waals surface area contributed by atoms with Gasteiger partial charge in [0.2, 0.25) is 0 Å². The van der Waals surface area contributed by atoms with Gasteiger partial charge in [0.25, 0.3) is 0 Å². The first-order valence-electron chi connectivity index (χ1n) is 6.94. The maximum absolute atomic E-state index is 11.8. The molecule has 0 aliphatic carbocycles. The van der Waals surface area contributed by atoms with Gasteiger partial charge in [-0.3, -0.25) is 9.79 Å². The first kappa shape index (κ1) is 17.6. The van der Waals surface area contributed by atoms with Gasteiger partial charge in [-0.25, -0.2) is 4.79 Å². The molecule has 0 radical (unpaired) electrons. The van der Waals surface area contributed by atoms with Gasteiger partial charge in [0.1, 0.15) is 0 Å². The molecule has 1 aromatic rings. The van der Waals surface area contributed by atoms with E-state index in [0.717, 1.165) is 5.56 Å². The highest BCUT2D eigenvalue weighted by Gasteiger charge is 2.15. The zero-order valence-electron chi connectivity index (χ0n) is 13.3. The maximum Gasteiger partial charge on any atom is 0.339 e. The summed E-state index contributed by atoms with van der Waals surface area (Å²) in [5.41, 5.74) is 1.84. The Morgan fingerprint density at radius 3 is 2.36 bits per heavy atom. The van der Waals surface area contributed by atoms with Gasteiger partial charge in [-0.05, 0) is 19.4 Å². The van der Waals surface area contributed by atoms with Crippen molar-refractivity contribution in [2.75, 3.05) is 14.2 Å². The second-order valence-electron chi connectivity index (χ2n) is 4.69. The molecule has 0 aliphatic heterocycles. The molecule has 1 aromatic carbocycles. The van der Waals surface area contributed by atoms with Crippen LogP contribution in [0.3, 0.4) is 0 Å². The number of aliphatic imine (C=N–C) groups is 1. The van der Waals surface area contributed by atoms with Crippen LogP contribution in [0.4, 0.5) is 0 Å². The summed E-state index contributed by atoms with van der Waals surface area (Å²) in [5, 5.41) is 0. The average Bonchev–Trinajstić information content (AvgIpc) is 2.55. The van der Waals surface area contributed by atoms with Crippen molar-refractivity contribution in [3.8, 4) is 0 Å². The lowest BCUT2D eigenvalue weighted by molar-refractivity contribution is -0.139. The van der Waals surface area contributed by atoms with Gasteiger partial charge in [0.05, 0.1) is 32.3 Å². The van der Waals surface area contributed by atoms with Crippen molar-refractivity contribution in [1.82, 2.24) is 0 Å². The summed E-state index contributed by atoms with van der Waals surface area (Å²) in [6, 6.07) is 9.64. The molecule has 0 saturated carbocycles. The minimum absolute atomic E-state index is 0.00644. The van der Waals surface area contributed by atoms with E-state index in [4.69, 9.17) is 4.74 Å². The summed E-state index contributed by atoms with van der Waals surface area (Å²) in [6.45, 7) is 3.66. The fourth-order valence-corrected chi connectivity index (χ4v) is 1.92. The highest BCUT2D eigenvalue weighted by Crippen LogP contribution is 2.18. The Morgan fingerprint density at radius 2 is 1.82 bits per heavy atom. The monoisotopic (exact) mass is 303 g/mol. The molecule has 0 N–H and O–H groups in total. The van der Waals surface area contributed by atoms with Gasteiger partial charge in [0.15, 0.2) is 0 Å². The molecule has 0 fully saturated rings. The van der Waals surface area contributed by atoms with Crippen LogP contribution in [0.15, 0.2) is 47.0 Å². The van der Waals surface area contributed by atoms with E-state index < -0.39 is 11.9 Å². The number of nitrogens with zero attached hydrogens (tertiary/aromatic N) is 1. The van der Waals surface area contributed by atoms with E-state index in [2.05, 4.69) is 9.73 Å². The number of hydrogen-bond donors (Lipinski definition) is 0. The van der Waals surface area contributed by atoms with Gasteiger partial charge in [-0.15, -0.1) is 0 Å². The van der Waals surface area contributed by atoms with Crippen LogP contribution in [0.25, 0.3) is 0 Å². The molecule has 118 valence electrons. The standard InChI is InChI=1S/C17H21NO4/c1-12(14-8-6-5-7-9-14)18-13(2)15(17(20)22-4)10-11-16(19)21-3/h5-10,12H,11H2,1-4H3/t12-/m1/s1. The number of carbonyl (C=O) groups is 2. The van der Waals surface area contributed by atoms with Gasteiger partial charge in [0, 0.05) is 5.71 Å². The Hall–Kier alpha value is -2.43. The summed E-state index contributed by atoms with van der Waals surface area (Å²) in [5.74, 6) is -0.948. The smallest absolute Gasteiger partial charge is 0.339 e. The molecule has 0 heterocycles. The zero-order chi connectivity index (χ0) is 16.5. The molecule has 5 heteroatoms. The highest BCUT2D eigenvalue weighted by molar-refractivity contribution is 6.19. The zero-order valence-corrected chi connectivity index (χ0v) is 13.3. The van der Waals surface area contributed by atoms with Crippen molar-refractivity contribution in [1.29, 1.82) is 0 Å². The quantitative estimate of drug-likeness (QED) is 0.460. The van der Waals surface area contributed by atoms with E-state index in [0.29, 0.717) is 5.71 Å². The molecule has 0 aliphatic rings. The first-order valence-corrected chi connectivity index (χ1v) is 6.94. The van der Waals surface area contributed by atoms with Gasteiger partial charge in [-0.2, -0.15) is 0 Å². The van der Waals surface area contributed by atoms with Gasteiger partial charge >= 0.3 is 11.9 Å². The minimum Gasteiger partial charge on any atom is -0.469 e. The Balaban J connectivity index is 3.00. The van der Waals surface area contributed by atoms with Crippen LogP contribution in [-0.4, -0.2) is 31.9 Å². The van der Waals surface area contributed by atoms with Crippen LogP contribution in [-0.2, 0) is 19.1 Å². The van der Waals surface area contributed by atoms with Crippen molar-refractivity contribution < 1.29 is 19.1 Å². The Morgan fingerprint density at radius 1 is 1.18 bits per heavy atom. The number of carbonyl (C=O) groups excluding carboxylic acids is 2. The third kappa shape index (κ3) is 5.16. The molecule has 1 atom stereocenters. The van der Waals surface area contributed by atoms with E-state index in [1.54, 1.807) is 6.92 Å². The van der Waals surface area contributed by atoms with Crippen LogP contribution in [0, 0.1) is 0 Å². The fraction of sp³-hybridized carbons (Fsp3) is 0.353. The predicted molar refractivity (Wildman–Crippen MR) is 84.7 cm³/mol. The lowest BCUT2D eigenvalue weighted by atomic mass is 10.1. The molecule has 0 unspecified atom stereocenters. The van der Waals surface area contributed by atoms with Crippen molar-refractivity contribution in [3.63, 3.8) is 0 Å². The summed E-state index contributed by atoms with van der Waals surface area (Å²) in [7, 11) is 2.59. The molecule has 1 rings (SSSR count). The van der Waals surface area contributed by atoms with Crippen molar-refractivity contribution in [3.05, 3.63) is 47.5 Å². The van der Waals surface area contributed by atoms with Crippen LogP contribution in [0.1, 0.15) is 31.9 Å². The molecule has 0 saturated heterocycles. The van der Waals surface area contributed by atoms with E-state index >= 15 is 0 Å². The van der Waals surface area contributed by atoms with E-state index in [1.807, 2.05) is 37.3 Å². The molecule has 0 spiro atoms. The summed E-state index contributed by atoms with van der Waals surface area (Å²) >= 11 is 0. The second-order valence-corrected chi connectivity index (χ2v) is 4.69. The topological polar surface area (TPSA) is 65.0 Å². The molecule has 0 aromatic heterocycles. The van der Waals surface area contributed by atoms with Crippen molar-refractivity contribution in [2.45, 2.75) is 26.3 Å². The van der Waals surface area contributed by atoms with Crippen molar-refractivity contribution in [2.24, 2.45) is 4.99 Å². The van der Waals surface area contributed by atoms with Crippen LogP contribution < -0.4 is 0 Å². The Bertz CT molecular complexity index is 576. The van der Waals surface area contributed by atoms with Gasteiger partial charge in [-0.1, -0.05) is 36.4 Å². The largest absolute Gasteiger partial charge is 0.469 e. The molecule has 0 amide bonds. The lowest BCUT2D eigenvalue weighted by Crippen LogP contribution is -2.14. The number of rotatable bonds is 6. The minimum atomic E-state index is -0.523. The molecule has 5 nitrogen and oxygen atoms in total. The number of esters is 2. The van der Waals surface area contributed by atoms with Crippen LogP contribution >= 0.6 is 0 Å². The summed E-state index contributed by atoms with van der Waals surface area (Å²) in [6.07, 6.45) is 1.47. The lowest BCUT2D eigenvalue weighted by Gasteiger charge is -2.10. The number of methoxy groups -OCH3 is 2. The SMILES string of the molecule is COC(=O)CC=C(C(=O)OC)C(C)=N[C@H](C)c1ccccc1. The van der Waals surface area contributed by atoms with Gasteiger partial charge < -0.3 is 9.47 Å². The third-order valence-electron chi connectivity index (χ3n) is 3.16. The number of hydrogen-bond acceptors (Lipinski definition) is 5. The Kier molecular flexibility index (Phi) is 7.02. The summed E-state index contributed by atoms with van der Waals surface area (Å²) < 4.78 is 9.32. The van der Waals surface area contributed by atoms with E-state index in [1.165, 1.54) is 20.3 Å². The highest BCUT2D eigenvalue weighted by atomic mass is 16.5. The molecule has 0 bridgehead atoms. The third-order valence-corrected chi connectivity index (χ3v) is 3.16. The molecule has 22 heavy (non-hydrogen) atoms. The fourth-order valence-electron chi connectivity index (χ4n) is 1.92.